The van der Waals surface area contributed by atoms with Gasteiger partial charge < -0.3 is 9.84 Å². The molecule has 2 saturated carbocycles. The van der Waals surface area contributed by atoms with Crippen LogP contribution in [-0.2, 0) is 4.74 Å². The summed E-state index contributed by atoms with van der Waals surface area (Å²) in [5.41, 5.74) is 0.335. The predicted molar refractivity (Wildman–Crippen MR) is 92.5 cm³/mol. The lowest BCUT2D eigenvalue weighted by molar-refractivity contribution is -0.0442. The van der Waals surface area contributed by atoms with Gasteiger partial charge in [0.05, 0.1) is 12.7 Å². The Bertz CT molecular complexity index is 598. The maximum Gasteiger partial charge on any atom is 0.200 e. The minimum Gasteiger partial charge on any atom is -0.505 e. The van der Waals surface area contributed by atoms with Crippen molar-refractivity contribution in [2.75, 3.05) is 6.61 Å². The molecule has 1 aromatic rings. The highest BCUT2D eigenvalue weighted by molar-refractivity contribution is 5.32. The molecule has 2 atom stereocenters. The summed E-state index contributed by atoms with van der Waals surface area (Å²) in [7, 11) is 0. The summed E-state index contributed by atoms with van der Waals surface area (Å²) in [6, 6.07) is 2.73. The van der Waals surface area contributed by atoms with Gasteiger partial charge in [0.15, 0.2) is 11.6 Å². The van der Waals surface area contributed by atoms with E-state index in [4.69, 9.17) is 4.74 Å². The molecule has 4 heteroatoms. The van der Waals surface area contributed by atoms with E-state index in [-0.39, 0.29) is 12.0 Å². The van der Waals surface area contributed by atoms with Crippen LogP contribution in [0.1, 0.15) is 69.3 Å². The van der Waals surface area contributed by atoms with E-state index in [9.17, 15) is 13.9 Å². The maximum absolute atomic E-state index is 14.1. The topological polar surface area (TPSA) is 29.5 Å². The Morgan fingerprint density at radius 1 is 0.880 bits per heavy atom. The fourth-order valence-electron chi connectivity index (χ4n) is 4.88. The minimum atomic E-state index is -1.14. The van der Waals surface area contributed by atoms with Crippen molar-refractivity contribution >= 4 is 0 Å². The lowest BCUT2D eigenvalue weighted by Gasteiger charge is -2.38. The number of halogens is 2. The van der Waals surface area contributed by atoms with Crippen molar-refractivity contribution in [3.05, 3.63) is 29.3 Å². The van der Waals surface area contributed by atoms with E-state index in [2.05, 4.69) is 0 Å². The number of hydrogen-bond acceptors (Lipinski definition) is 2. The van der Waals surface area contributed by atoms with E-state index in [1.54, 1.807) is 0 Å². The maximum atomic E-state index is 14.1. The van der Waals surface area contributed by atoms with Crippen LogP contribution in [0.25, 0.3) is 0 Å². The van der Waals surface area contributed by atoms with Crippen LogP contribution >= 0.6 is 0 Å². The van der Waals surface area contributed by atoms with Crippen LogP contribution in [0, 0.1) is 29.4 Å². The molecular weight excluding hydrogens is 322 g/mol. The van der Waals surface area contributed by atoms with Gasteiger partial charge in [-0.1, -0.05) is 31.7 Å². The minimum absolute atomic E-state index is 0.113. The molecule has 1 saturated heterocycles. The molecule has 0 radical (unpaired) electrons. The standard InChI is InChI=1S/C21H28F2O2/c22-20-17(8-9-18(24)21(20)23)16-7-10-19(25-12-16)15-5-3-14(4-6-15)11-13-1-2-13/h8-9,13-16,19,24H,1-7,10-12H2. The first-order valence-corrected chi connectivity index (χ1v) is 9.90. The second-order valence-electron chi connectivity index (χ2n) is 8.41. The highest BCUT2D eigenvalue weighted by Crippen LogP contribution is 2.43. The number of phenolic OH excluding ortho intramolecular Hbond substituents is 1. The molecule has 25 heavy (non-hydrogen) atoms. The van der Waals surface area contributed by atoms with Crippen molar-refractivity contribution in [1.82, 2.24) is 0 Å². The Morgan fingerprint density at radius 2 is 1.56 bits per heavy atom. The van der Waals surface area contributed by atoms with E-state index in [0.29, 0.717) is 18.1 Å². The molecular formula is C21H28F2O2. The smallest absolute Gasteiger partial charge is 0.200 e. The molecule has 0 aromatic heterocycles. The average molecular weight is 350 g/mol. The molecule has 138 valence electrons. The molecule has 4 rings (SSSR count). The fourth-order valence-corrected chi connectivity index (χ4v) is 4.88. The number of benzene rings is 1. The molecule has 3 fully saturated rings. The normalized spacial score (nSPS) is 33.4. The monoisotopic (exact) mass is 350 g/mol. The first-order valence-electron chi connectivity index (χ1n) is 9.90. The fraction of sp³-hybridized carbons (Fsp3) is 0.714. The third-order valence-electron chi connectivity index (χ3n) is 6.62. The predicted octanol–water partition coefficient (Wildman–Crippen LogP) is 5.54. The molecule has 3 aliphatic rings. The molecule has 1 N–H and O–H groups in total. The number of ether oxygens (including phenoxy) is 1. The van der Waals surface area contributed by atoms with E-state index in [0.717, 1.165) is 24.7 Å². The summed E-state index contributed by atoms with van der Waals surface area (Å²) in [6.07, 6.45) is 11.5. The summed E-state index contributed by atoms with van der Waals surface area (Å²) in [5.74, 6) is -0.224. The molecule has 1 heterocycles. The zero-order valence-corrected chi connectivity index (χ0v) is 14.7. The molecule has 0 spiro atoms. The van der Waals surface area contributed by atoms with Crippen molar-refractivity contribution in [2.45, 2.75) is 69.8 Å². The highest BCUT2D eigenvalue weighted by Gasteiger charge is 2.34. The van der Waals surface area contributed by atoms with Crippen LogP contribution in [0.5, 0.6) is 5.75 Å². The largest absolute Gasteiger partial charge is 0.505 e. The van der Waals surface area contributed by atoms with Crippen LogP contribution in [0.3, 0.4) is 0 Å². The quantitative estimate of drug-likeness (QED) is 0.772. The van der Waals surface area contributed by atoms with Gasteiger partial charge >= 0.3 is 0 Å². The van der Waals surface area contributed by atoms with Gasteiger partial charge in [0.25, 0.3) is 0 Å². The van der Waals surface area contributed by atoms with Crippen molar-refractivity contribution in [3.63, 3.8) is 0 Å². The summed E-state index contributed by atoms with van der Waals surface area (Å²) in [6.45, 7) is 0.452. The lowest BCUT2D eigenvalue weighted by Crippen LogP contribution is -2.33. The molecule has 0 amide bonds. The Hall–Kier alpha value is -1.16. The Labute approximate surface area is 148 Å². The van der Waals surface area contributed by atoms with Crippen LogP contribution < -0.4 is 0 Å². The van der Waals surface area contributed by atoms with Crippen molar-refractivity contribution in [1.29, 1.82) is 0 Å². The Morgan fingerprint density at radius 3 is 2.16 bits per heavy atom. The number of aromatic hydroxyl groups is 1. The first-order chi connectivity index (χ1) is 12.1. The van der Waals surface area contributed by atoms with Gasteiger partial charge in [0.2, 0.25) is 5.82 Å². The van der Waals surface area contributed by atoms with Crippen LogP contribution in [0.4, 0.5) is 8.78 Å². The van der Waals surface area contributed by atoms with E-state index < -0.39 is 17.4 Å². The van der Waals surface area contributed by atoms with Crippen LogP contribution in [0.15, 0.2) is 12.1 Å². The second-order valence-corrected chi connectivity index (χ2v) is 8.41. The zero-order chi connectivity index (χ0) is 17.4. The number of phenols is 1. The van der Waals surface area contributed by atoms with E-state index in [1.807, 2.05) is 0 Å². The van der Waals surface area contributed by atoms with Crippen LogP contribution in [-0.4, -0.2) is 17.8 Å². The summed E-state index contributed by atoms with van der Waals surface area (Å²) < 4.78 is 33.7. The van der Waals surface area contributed by atoms with E-state index >= 15 is 0 Å². The van der Waals surface area contributed by atoms with Gasteiger partial charge in [0.1, 0.15) is 0 Å². The van der Waals surface area contributed by atoms with Gasteiger partial charge in [0, 0.05) is 5.92 Å². The van der Waals surface area contributed by atoms with Gasteiger partial charge in [-0.25, -0.2) is 4.39 Å². The summed E-state index contributed by atoms with van der Waals surface area (Å²) in [4.78, 5) is 0. The molecule has 2 aliphatic carbocycles. The average Bonchev–Trinajstić information content (AvgIpc) is 3.45. The molecule has 2 nitrogen and oxygen atoms in total. The molecule has 1 aliphatic heterocycles. The molecule has 0 bridgehead atoms. The Kier molecular flexibility index (Phi) is 4.99. The van der Waals surface area contributed by atoms with Gasteiger partial charge in [-0.2, -0.15) is 4.39 Å². The third-order valence-corrected chi connectivity index (χ3v) is 6.62. The van der Waals surface area contributed by atoms with Gasteiger partial charge in [-0.15, -0.1) is 0 Å². The summed E-state index contributed by atoms with van der Waals surface area (Å²) in [5, 5.41) is 9.27. The SMILES string of the molecule is Oc1ccc(C2CCC(C3CCC(CC4CC4)CC3)OC2)c(F)c1F. The molecule has 2 unspecified atom stereocenters. The van der Waals surface area contributed by atoms with Crippen LogP contribution in [0.2, 0.25) is 0 Å². The number of rotatable bonds is 4. The first kappa shape index (κ1) is 17.3. The number of hydrogen-bond donors (Lipinski definition) is 1. The zero-order valence-electron chi connectivity index (χ0n) is 14.7. The van der Waals surface area contributed by atoms with Crippen molar-refractivity contribution in [3.8, 4) is 5.75 Å². The summed E-state index contributed by atoms with van der Waals surface area (Å²) >= 11 is 0. The third kappa shape index (κ3) is 3.84. The van der Waals surface area contributed by atoms with Crippen molar-refractivity contribution in [2.24, 2.45) is 17.8 Å². The lowest BCUT2D eigenvalue weighted by atomic mass is 9.75. The van der Waals surface area contributed by atoms with E-state index in [1.165, 1.54) is 57.1 Å². The van der Waals surface area contributed by atoms with Gasteiger partial charge in [-0.05, 0) is 61.5 Å². The van der Waals surface area contributed by atoms with Crippen molar-refractivity contribution < 1.29 is 18.6 Å². The second kappa shape index (κ2) is 7.22. The highest BCUT2D eigenvalue weighted by atomic mass is 19.2. The van der Waals surface area contributed by atoms with Gasteiger partial charge in [-0.3, -0.25) is 0 Å². The molecule has 1 aromatic carbocycles. The Balaban J connectivity index is 1.29.